The van der Waals surface area contributed by atoms with Crippen LogP contribution in [0.2, 0.25) is 0 Å². The molecule has 7 nitrogen and oxygen atoms in total. The predicted octanol–water partition coefficient (Wildman–Crippen LogP) is -4.13. The summed E-state index contributed by atoms with van der Waals surface area (Å²) in [5.74, 6) is 4.40. The van der Waals surface area contributed by atoms with Gasteiger partial charge < -0.3 is 0 Å². The summed E-state index contributed by atoms with van der Waals surface area (Å²) in [6.07, 6.45) is -1.02. The first-order valence-electron chi connectivity index (χ1n) is 2.01. The van der Waals surface area contributed by atoms with Gasteiger partial charge in [0.1, 0.15) is 0 Å². The zero-order valence-electron chi connectivity index (χ0n) is 5.04. The van der Waals surface area contributed by atoms with Crippen molar-refractivity contribution in [2.45, 2.75) is 0 Å². The van der Waals surface area contributed by atoms with E-state index in [1.807, 2.05) is 0 Å². The van der Waals surface area contributed by atoms with Crippen LogP contribution in [0, 0.1) is 5.21 Å². The molecule has 0 saturated heterocycles. The third-order valence-corrected chi connectivity index (χ3v) is 1.43. The third-order valence-electron chi connectivity index (χ3n) is 0.446. The van der Waals surface area contributed by atoms with Gasteiger partial charge in [0.05, 0.1) is 0 Å². The summed E-state index contributed by atoms with van der Waals surface area (Å²) in [6, 6.07) is 0. The molecule has 0 radical (unpaired) electrons. The fourth-order valence-electron chi connectivity index (χ4n) is 0.132. The molecule has 3 N–H and O–H groups in total. The second-order valence-corrected chi connectivity index (χ2v) is 2.73. The molecular formula is C2H6IN3O4-2. The Balaban J connectivity index is 3.26. The Morgan fingerprint density at radius 3 is 2.90 bits per heavy atom. The minimum atomic E-state index is -1.02. The average Bonchev–Trinajstić information content (AvgIpc) is 1.99. The van der Waals surface area contributed by atoms with E-state index in [1.165, 1.54) is 0 Å². The molecule has 0 saturated carbocycles. The molecule has 0 aromatic heterocycles. The molecule has 0 rings (SSSR count). The molecule has 10 heavy (non-hydrogen) atoms. The van der Waals surface area contributed by atoms with Crippen molar-refractivity contribution in [1.29, 1.82) is 0 Å². The summed E-state index contributed by atoms with van der Waals surface area (Å²) < 4.78 is 0.260. The minimum absolute atomic E-state index is 0.260. The fraction of sp³-hybridized carbons (Fsp3) is 0.500. The Morgan fingerprint density at radius 1 is 1.90 bits per heavy atom. The van der Waals surface area contributed by atoms with Gasteiger partial charge in [-0.05, 0) is 0 Å². The number of hydrogen-bond donors (Lipinski definition) is 2. The fourth-order valence-corrected chi connectivity index (χ4v) is 0.427. The maximum absolute atomic E-state index is 10.3. The summed E-state index contributed by atoms with van der Waals surface area (Å²) in [4.78, 5) is 19.4. The number of nitrogens with zero attached hydrogens (tertiary/aromatic N) is 1. The van der Waals surface area contributed by atoms with E-state index in [9.17, 15) is 10.0 Å². The van der Waals surface area contributed by atoms with Gasteiger partial charge in [-0.25, -0.2) is 0 Å². The van der Waals surface area contributed by atoms with Crippen LogP contribution in [0.4, 0.5) is 4.79 Å². The van der Waals surface area contributed by atoms with Crippen LogP contribution in [0.25, 0.3) is 0 Å². The predicted molar refractivity (Wildman–Crippen MR) is 26.0 cm³/mol. The van der Waals surface area contributed by atoms with E-state index in [1.54, 1.807) is 10.4 Å². The molecule has 0 aliphatic carbocycles. The van der Waals surface area contributed by atoms with E-state index in [0.29, 0.717) is 0 Å². The molecule has 0 heterocycles. The average molecular weight is 263 g/mol. The van der Waals surface area contributed by atoms with Crippen LogP contribution >= 0.6 is 0 Å². The van der Waals surface area contributed by atoms with Crippen molar-refractivity contribution in [2.75, 3.05) is 4.93 Å². The Hall–Kier alpha value is -0.160. The summed E-state index contributed by atoms with van der Waals surface area (Å²) in [5, 5.41) is 10.3. The molecule has 0 unspecified atom stereocenters. The zero-order valence-corrected chi connectivity index (χ0v) is 7.19. The quantitative estimate of drug-likeness (QED) is 0.232. The van der Waals surface area contributed by atoms with Crippen molar-refractivity contribution in [1.82, 2.24) is 8.92 Å². The Morgan fingerprint density at radius 2 is 2.50 bits per heavy atom. The van der Waals surface area contributed by atoms with Crippen molar-refractivity contribution in [3.8, 4) is 0 Å². The number of halogens is 1. The van der Waals surface area contributed by atoms with Crippen molar-refractivity contribution in [3.63, 3.8) is 0 Å². The molecule has 0 fully saturated rings. The number of rotatable bonds is 3. The number of nitrogens with two attached hydrogens (primary N) is 1. The van der Waals surface area contributed by atoms with Gasteiger partial charge in [0.2, 0.25) is 0 Å². The van der Waals surface area contributed by atoms with Crippen LogP contribution in [0.1, 0.15) is 0 Å². The molecule has 0 aliphatic rings. The monoisotopic (exact) mass is 263 g/mol. The van der Waals surface area contributed by atoms with Crippen LogP contribution in [-0.2, 0) is 9.78 Å². The van der Waals surface area contributed by atoms with E-state index in [2.05, 4.69) is 15.7 Å². The maximum atomic E-state index is 10.3. The summed E-state index contributed by atoms with van der Waals surface area (Å²) in [5.41, 5.74) is 1.64. The van der Waals surface area contributed by atoms with E-state index < -0.39 is 27.6 Å². The Bertz CT molecular complexity index is 111. The summed E-state index contributed by atoms with van der Waals surface area (Å²) >= 11 is -0.748. The molecule has 0 spiro atoms. The van der Waals surface area contributed by atoms with E-state index >= 15 is 0 Å². The number of alkyl halides is 1. The summed E-state index contributed by atoms with van der Waals surface area (Å²) in [7, 11) is 0. The van der Waals surface area contributed by atoms with Gasteiger partial charge in [-0.1, -0.05) is 0 Å². The van der Waals surface area contributed by atoms with Crippen LogP contribution in [0.3, 0.4) is 0 Å². The molecule has 0 atom stereocenters. The van der Waals surface area contributed by atoms with Crippen LogP contribution in [0.15, 0.2) is 0 Å². The number of carbonyl (C=O) groups excluding carboxylic acids is 1. The number of amides is 1. The first kappa shape index (κ1) is 9.84. The molecule has 0 bridgehead atoms. The number of hydroxylamine groups is 1. The van der Waals surface area contributed by atoms with Crippen LogP contribution < -0.4 is 32.9 Å². The number of hydrogen-bond acceptors (Lipinski definition) is 6. The molecule has 62 valence electrons. The molecule has 8 heteroatoms. The number of carbonyl (C=O) groups is 1. The van der Waals surface area contributed by atoms with E-state index in [-0.39, 0.29) is 3.44 Å². The Kier molecular flexibility index (Phi) is 5.52. The second-order valence-electron chi connectivity index (χ2n) is 0.980. The van der Waals surface area contributed by atoms with Crippen LogP contribution in [-0.4, -0.2) is 14.5 Å². The topological polar surface area (TPSA) is 99.9 Å². The Labute approximate surface area is 67.5 Å². The van der Waals surface area contributed by atoms with Crippen molar-refractivity contribution in [3.05, 3.63) is 5.21 Å². The van der Waals surface area contributed by atoms with Crippen molar-refractivity contribution < 1.29 is 36.0 Å². The van der Waals surface area contributed by atoms with E-state index in [4.69, 9.17) is 0 Å². The first-order valence-corrected chi connectivity index (χ1v) is 5.13. The van der Waals surface area contributed by atoms with Crippen molar-refractivity contribution >= 4 is 6.09 Å². The molecular weight excluding hydrogens is 257 g/mol. The van der Waals surface area contributed by atoms with Gasteiger partial charge in [0.15, 0.2) is 0 Å². The molecule has 0 aromatic carbocycles. The third kappa shape index (κ3) is 4.69. The standard InChI is InChI=1S/C2H6IN3O4/c1-3-6(8)10-5-2(7)9-4/h4H2,1H3,(H,5,7)/q-2. The van der Waals surface area contributed by atoms with Gasteiger partial charge in [0.25, 0.3) is 0 Å². The SMILES string of the molecule is C[I-]N([O-])ONC(=O)ON. The van der Waals surface area contributed by atoms with Gasteiger partial charge in [0, 0.05) is 0 Å². The molecule has 1 amide bonds. The summed E-state index contributed by atoms with van der Waals surface area (Å²) in [6.45, 7) is 0. The van der Waals surface area contributed by atoms with Gasteiger partial charge >= 0.3 is 67.1 Å². The molecule has 0 aromatic rings. The van der Waals surface area contributed by atoms with E-state index in [0.717, 1.165) is 0 Å². The first-order chi connectivity index (χ1) is 4.70. The molecule has 0 aliphatic heterocycles. The normalized spacial score (nSPS) is 10.0. The van der Waals surface area contributed by atoms with Crippen LogP contribution in [0.5, 0.6) is 0 Å². The van der Waals surface area contributed by atoms with Gasteiger partial charge in [-0.15, -0.1) is 0 Å². The zero-order chi connectivity index (χ0) is 7.98. The van der Waals surface area contributed by atoms with Gasteiger partial charge in [-0.2, -0.15) is 0 Å². The second kappa shape index (κ2) is 5.61. The van der Waals surface area contributed by atoms with Gasteiger partial charge in [-0.3, -0.25) is 0 Å². The number of nitrogens with one attached hydrogen (secondary N) is 1. The van der Waals surface area contributed by atoms with Crippen molar-refractivity contribution in [2.24, 2.45) is 5.90 Å².